The van der Waals surface area contributed by atoms with Gasteiger partial charge in [-0.3, -0.25) is 9.48 Å². The normalized spacial score (nSPS) is 10.5. The Kier molecular flexibility index (Phi) is 3.25. The highest BCUT2D eigenvalue weighted by atomic mass is 19.1. The molecule has 5 nitrogen and oxygen atoms in total. The van der Waals surface area contributed by atoms with Crippen LogP contribution >= 0.6 is 0 Å². The molecule has 19 heavy (non-hydrogen) atoms. The summed E-state index contributed by atoms with van der Waals surface area (Å²) in [7, 11) is 1.77. The molecule has 0 radical (unpaired) electrons. The van der Waals surface area contributed by atoms with Crippen LogP contribution in [0, 0.1) is 19.7 Å². The van der Waals surface area contributed by atoms with Crippen molar-refractivity contribution in [3.8, 4) is 0 Å². The lowest BCUT2D eigenvalue weighted by Gasteiger charge is -2.07. The van der Waals surface area contributed by atoms with Crippen molar-refractivity contribution in [3.63, 3.8) is 0 Å². The third-order valence-electron chi connectivity index (χ3n) is 2.99. The average molecular weight is 262 g/mol. The maximum atomic E-state index is 13.0. The highest BCUT2D eigenvalue weighted by Crippen LogP contribution is 2.19. The first kappa shape index (κ1) is 13.1. The lowest BCUT2D eigenvalue weighted by Crippen LogP contribution is -2.14. The molecule has 0 fully saturated rings. The third kappa shape index (κ3) is 2.42. The minimum absolute atomic E-state index is 0.00238. The number of anilines is 2. The zero-order valence-electron chi connectivity index (χ0n) is 11.0. The van der Waals surface area contributed by atoms with E-state index in [-0.39, 0.29) is 11.6 Å². The lowest BCUT2D eigenvalue weighted by atomic mass is 10.1. The molecule has 0 aliphatic rings. The molecule has 6 heteroatoms. The molecule has 100 valence electrons. The quantitative estimate of drug-likeness (QED) is 0.813. The van der Waals surface area contributed by atoms with Crippen molar-refractivity contribution in [2.75, 3.05) is 11.1 Å². The first-order valence-corrected chi connectivity index (χ1v) is 5.76. The Morgan fingerprint density at radius 2 is 2.11 bits per heavy atom. The maximum absolute atomic E-state index is 13.0. The molecule has 1 aromatic heterocycles. The van der Waals surface area contributed by atoms with Gasteiger partial charge in [0, 0.05) is 18.4 Å². The van der Waals surface area contributed by atoms with Crippen LogP contribution in [-0.2, 0) is 7.05 Å². The summed E-state index contributed by atoms with van der Waals surface area (Å²) in [5.74, 6) is -0.791. The first-order valence-electron chi connectivity index (χ1n) is 5.76. The Bertz CT molecular complexity index is 648. The number of rotatable bonds is 2. The van der Waals surface area contributed by atoms with E-state index in [0.717, 1.165) is 5.69 Å². The van der Waals surface area contributed by atoms with Crippen LogP contribution in [0.4, 0.5) is 15.8 Å². The molecule has 1 aromatic carbocycles. The van der Waals surface area contributed by atoms with E-state index in [0.29, 0.717) is 16.9 Å². The van der Waals surface area contributed by atoms with Gasteiger partial charge in [-0.05, 0) is 32.0 Å². The Morgan fingerprint density at radius 3 is 2.63 bits per heavy atom. The maximum Gasteiger partial charge on any atom is 0.259 e. The summed E-state index contributed by atoms with van der Waals surface area (Å²) >= 11 is 0. The second kappa shape index (κ2) is 4.72. The SMILES string of the molecule is Cc1nn(C)c(C)c1C(=O)Nc1ccc(F)c(N)c1. The molecule has 0 unspecified atom stereocenters. The zero-order valence-corrected chi connectivity index (χ0v) is 11.0. The molecule has 1 heterocycles. The first-order chi connectivity index (χ1) is 8.90. The van der Waals surface area contributed by atoms with Crippen LogP contribution in [0.25, 0.3) is 0 Å². The van der Waals surface area contributed by atoms with Crippen LogP contribution < -0.4 is 11.1 Å². The summed E-state index contributed by atoms with van der Waals surface area (Å²) in [4.78, 5) is 12.2. The van der Waals surface area contributed by atoms with Crippen molar-refractivity contribution >= 4 is 17.3 Å². The van der Waals surface area contributed by atoms with Crippen LogP contribution in [0.2, 0.25) is 0 Å². The van der Waals surface area contributed by atoms with Gasteiger partial charge in [-0.15, -0.1) is 0 Å². The summed E-state index contributed by atoms with van der Waals surface area (Å²) in [6, 6.07) is 4.06. The average Bonchev–Trinajstić information content (AvgIpc) is 2.58. The Hall–Kier alpha value is -2.37. The zero-order chi connectivity index (χ0) is 14.2. The second-order valence-electron chi connectivity index (χ2n) is 4.36. The monoisotopic (exact) mass is 262 g/mol. The third-order valence-corrected chi connectivity index (χ3v) is 2.99. The Balaban J connectivity index is 2.28. The van der Waals surface area contributed by atoms with Gasteiger partial charge >= 0.3 is 0 Å². The van der Waals surface area contributed by atoms with Crippen molar-refractivity contribution in [1.29, 1.82) is 0 Å². The minimum Gasteiger partial charge on any atom is -0.396 e. The summed E-state index contributed by atoms with van der Waals surface area (Å²) in [5, 5.41) is 6.86. The number of aromatic nitrogens is 2. The van der Waals surface area contributed by atoms with Crippen molar-refractivity contribution < 1.29 is 9.18 Å². The topological polar surface area (TPSA) is 72.9 Å². The number of carbonyl (C=O) groups excluding carboxylic acids is 1. The number of nitrogen functional groups attached to an aromatic ring is 1. The van der Waals surface area contributed by atoms with Gasteiger partial charge in [0.15, 0.2) is 0 Å². The summed E-state index contributed by atoms with van der Waals surface area (Å²) in [5.41, 5.74) is 7.84. The number of nitrogens with one attached hydrogen (secondary N) is 1. The lowest BCUT2D eigenvalue weighted by molar-refractivity contribution is 0.102. The van der Waals surface area contributed by atoms with Crippen LogP contribution in [-0.4, -0.2) is 15.7 Å². The highest BCUT2D eigenvalue weighted by molar-refractivity contribution is 6.06. The van der Waals surface area contributed by atoms with E-state index >= 15 is 0 Å². The molecule has 0 atom stereocenters. The molecule has 3 N–H and O–H groups in total. The molecule has 0 spiro atoms. The van der Waals surface area contributed by atoms with E-state index in [2.05, 4.69) is 10.4 Å². The number of amides is 1. The van der Waals surface area contributed by atoms with Gasteiger partial charge < -0.3 is 11.1 Å². The van der Waals surface area contributed by atoms with Gasteiger partial charge in [-0.2, -0.15) is 5.10 Å². The predicted molar refractivity (Wildman–Crippen MR) is 71.4 cm³/mol. The number of hydrogen-bond donors (Lipinski definition) is 2. The number of halogens is 1. The van der Waals surface area contributed by atoms with Gasteiger partial charge in [0.1, 0.15) is 5.82 Å². The summed E-state index contributed by atoms with van der Waals surface area (Å²) < 4.78 is 14.7. The molecule has 0 saturated heterocycles. The molecular weight excluding hydrogens is 247 g/mol. The molecule has 0 aliphatic carbocycles. The van der Waals surface area contributed by atoms with E-state index < -0.39 is 5.82 Å². The van der Waals surface area contributed by atoms with Crippen LogP contribution in [0.3, 0.4) is 0 Å². The van der Waals surface area contributed by atoms with E-state index in [4.69, 9.17) is 5.73 Å². The number of benzene rings is 1. The molecule has 2 rings (SSSR count). The fourth-order valence-corrected chi connectivity index (χ4v) is 1.92. The predicted octanol–water partition coefficient (Wildman–Crippen LogP) is 2.01. The van der Waals surface area contributed by atoms with Crippen molar-refractivity contribution in [2.24, 2.45) is 7.05 Å². The molecule has 0 saturated carbocycles. The Morgan fingerprint density at radius 1 is 1.42 bits per heavy atom. The minimum atomic E-state index is -0.508. The van der Waals surface area contributed by atoms with Crippen molar-refractivity contribution in [2.45, 2.75) is 13.8 Å². The standard InChI is InChI=1S/C13H15FN4O/c1-7-12(8(2)18(3)17-7)13(19)16-9-4-5-10(14)11(15)6-9/h4-6H,15H2,1-3H3,(H,16,19). The fourth-order valence-electron chi connectivity index (χ4n) is 1.92. The molecule has 1 amide bonds. The molecule has 0 aliphatic heterocycles. The largest absolute Gasteiger partial charge is 0.396 e. The van der Waals surface area contributed by atoms with Gasteiger partial charge in [-0.1, -0.05) is 0 Å². The number of carbonyl (C=O) groups is 1. The second-order valence-corrected chi connectivity index (χ2v) is 4.36. The molecule has 0 bridgehead atoms. The van der Waals surface area contributed by atoms with Gasteiger partial charge in [-0.25, -0.2) is 4.39 Å². The highest BCUT2D eigenvalue weighted by Gasteiger charge is 2.17. The van der Waals surface area contributed by atoms with Crippen LogP contribution in [0.15, 0.2) is 18.2 Å². The van der Waals surface area contributed by atoms with Crippen molar-refractivity contribution in [1.82, 2.24) is 9.78 Å². The van der Waals surface area contributed by atoms with E-state index in [9.17, 15) is 9.18 Å². The summed E-state index contributed by atoms with van der Waals surface area (Å²) in [6.07, 6.45) is 0. The van der Waals surface area contributed by atoms with Gasteiger partial charge in [0.2, 0.25) is 0 Å². The number of nitrogens with zero attached hydrogens (tertiary/aromatic N) is 2. The van der Waals surface area contributed by atoms with E-state index in [1.807, 2.05) is 6.92 Å². The number of aryl methyl sites for hydroxylation is 2. The van der Waals surface area contributed by atoms with Gasteiger partial charge in [0.05, 0.1) is 16.9 Å². The van der Waals surface area contributed by atoms with Crippen molar-refractivity contribution in [3.05, 3.63) is 41.0 Å². The van der Waals surface area contributed by atoms with Crippen LogP contribution in [0.5, 0.6) is 0 Å². The summed E-state index contributed by atoms with van der Waals surface area (Å²) in [6.45, 7) is 3.58. The smallest absolute Gasteiger partial charge is 0.259 e. The molecule has 2 aromatic rings. The van der Waals surface area contributed by atoms with E-state index in [1.54, 1.807) is 18.7 Å². The van der Waals surface area contributed by atoms with Crippen LogP contribution in [0.1, 0.15) is 21.7 Å². The number of nitrogens with two attached hydrogens (primary N) is 1. The van der Waals surface area contributed by atoms with E-state index in [1.165, 1.54) is 18.2 Å². The van der Waals surface area contributed by atoms with Gasteiger partial charge in [0.25, 0.3) is 5.91 Å². The Labute approximate surface area is 110 Å². The fraction of sp³-hybridized carbons (Fsp3) is 0.231. The number of hydrogen-bond acceptors (Lipinski definition) is 3. The molecular formula is C13H15FN4O.